The molecule has 0 saturated carbocycles. The topological polar surface area (TPSA) is 26.3 Å². The highest BCUT2D eigenvalue weighted by Gasteiger charge is 1.99. The highest BCUT2D eigenvalue weighted by Crippen LogP contribution is 2.12. The van der Waals surface area contributed by atoms with Gasteiger partial charge < -0.3 is 4.74 Å². The molecule has 0 fully saturated rings. The average molecular weight is 252 g/mol. The summed E-state index contributed by atoms with van der Waals surface area (Å²) in [6.07, 6.45) is 18.6. The minimum absolute atomic E-state index is 0.0735. The van der Waals surface area contributed by atoms with Gasteiger partial charge in [-0.25, -0.2) is 0 Å². The molecule has 2 nitrogen and oxygen atoms in total. The van der Waals surface area contributed by atoms with E-state index in [1.54, 1.807) is 0 Å². The van der Waals surface area contributed by atoms with Gasteiger partial charge in [0, 0.05) is 0 Å². The fraction of sp³-hybridized carbons (Fsp3) is 0.812. The first-order valence-corrected chi connectivity index (χ1v) is 7.70. The van der Waals surface area contributed by atoms with Crippen LogP contribution in [-0.4, -0.2) is 12.6 Å². The van der Waals surface area contributed by atoms with Crippen molar-refractivity contribution >= 4 is 5.97 Å². The molecule has 0 saturated heterocycles. The molecule has 0 N–H and O–H groups in total. The van der Waals surface area contributed by atoms with Crippen molar-refractivity contribution in [3.8, 4) is 0 Å². The zero-order valence-corrected chi connectivity index (χ0v) is 11.7. The molecule has 1 rings (SSSR count). The Bertz CT molecular complexity index is 233. The van der Waals surface area contributed by atoms with Gasteiger partial charge in [0.2, 0.25) is 0 Å². The van der Waals surface area contributed by atoms with Crippen molar-refractivity contribution in [2.75, 3.05) is 6.61 Å². The SMILES string of the molecule is O=C1C/C=C/CCCCCCCCCCCCO1. The van der Waals surface area contributed by atoms with Crippen LogP contribution in [0.4, 0.5) is 0 Å². The molecule has 0 aromatic heterocycles. The lowest BCUT2D eigenvalue weighted by Crippen LogP contribution is -2.04. The van der Waals surface area contributed by atoms with Gasteiger partial charge in [-0.2, -0.15) is 0 Å². The molecule has 0 aromatic rings. The minimum Gasteiger partial charge on any atom is -0.465 e. The Morgan fingerprint density at radius 3 is 1.94 bits per heavy atom. The second kappa shape index (κ2) is 11.3. The van der Waals surface area contributed by atoms with Crippen molar-refractivity contribution in [2.45, 2.75) is 77.0 Å². The van der Waals surface area contributed by atoms with E-state index in [-0.39, 0.29) is 5.97 Å². The molecule has 1 aliphatic rings. The highest BCUT2D eigenvalue weighted by atomic mass is 16.5. The number of esters is 1. The average Bonchev–Trinajstić information content (AvgIpc) is 2.37. The number of cyclic esters (lactones) is 1. The molecule has 18 heavy (non-hydrogen) atoms. The highest BCUT2D eigenvalue weighted by molar-refractivity contribution is 5.71. The van der Waals surface area contributed by atoms with Crippen molar-refractivity contribution in [3.05, 3.63) is 12.2 Å². The van der Waals surface area contributed by atoms with E-state index < -0.39 is 0 Å². The summed E-state index contributed by atoms with van der Waals surface area (Å²) in [7, 11) is 0. The van der Waals surface area contributed by atoms with E-state index in [4.69, 9.17) is 4.74 Å². The van der Waals surface area contributed by atoms with Gasteiger partial charge in [0.05, 0.1) is 13.0 Å². The largest absolute Gasteiger partial charge is 0.465 e. The molecular formula is C16H28O2. The first-order chi connectivity index (χ1) is 8.89. The fourth-order valence-electron chi connectivity index (χ4n) is 2.32. The summed E-state index contributed by atoms with van der Waals surface area (Å²) < 4.78 is 5.18. The first-order valence-electron chi connectivity index (χ1n) is 7.70. The van der Waals surface area contributed by atoms with Crippen molar-refractivity contribution in [1.29, 1.82) is 0 Å². The summed E-state index contributed by atoms with van der Waals surface area (Å²) in [6, 6.07) is 0. The van der Waals surface area contributed by atoms with Gasteiger partial charge in [0.25, 0.3) is 0 Å². The van der Waals surface area contributed by atoms with Crippen molar-refractivity contribution in [3.63, 3.8) is 0 Å². The predicted octanol–water partition coefficient (Wildman–Crippen LogP) is 4.78. The van der Waals surface area contributed by atoms with Crippen LogP contribution in [0.2, 0.25) is 0 Å². The maximum absolute atomic E-state index is 11.4. The van der Waals surface area contributed by atoms with Crippen molar-refractivity contribution < 1.29 is 9.53 Å². The van der Waals surface area contributed by atoms with E-state index >= 15 is 0 Å². The normalized spacial score (nSPS) is 23.9. The van der Waals surface area contributed by atoms with Crippen LogP contribution < -0.4 is 0 Å². The smallest absolute Gasteiger partial charge is 0.309 e. The Hall–Kier alpha value is -0.790. The molecule has 0 bridgehead atoms. The lowest BCUT2D eigenvalue weighted by atomic mass is 10.1. The molecule has 0 atom stereocenters. The van der Waals surface area contributed by atoms with Crippen LogP contribution in [0.25, 0.3) is 0 Å². The number of ether oxygens (including phenoxy) is 1. The van der Waals surface area contributed by atoms with Crippen LogP contribution in [0.3, 0.4) is 0 Å². The Balaban J connectivity index is 2.18. The number of allylic oxidation sites excluding steroid dienone is 1. The van der Waals surface area contributed by atoms with E-state index in [1.807, 2.05) is 6.08 Å². The molecule has 0 aromatic carbocycles. The third kappa shape index (κ3) is 9.26. The lowest BCUT2D eigenvalue weighted by Gasteiger charge is -2.03. The lowest BCUT2D eigenvalue weighted by molar-refractivity contribution is -0.142. The van der Waals surface area contributed by atoms with E-state index in [0.717, 1.165) is 12.8 Å². The first kappa shape index (κ1) is 15.3. The molecule has 0 unspecified atom stereocenters. The van der Waals surface area contributed by atoms with E-state index in [2.05, 4.69) is 6.08 Å². The van der Waals surface area contributed by atoms with Gasteiger partial charge in [0.15, 0.2) is 0 Å². The summed E-state index contributed by atoms with van der Waals surface area (Å²) in [6.45, 7) is 0.604. The van der Waals surface area contributed by atoms with Crippen LogP contribution in [0.15, 0.2) is 12.2 Å². The fourth-order valence-corrected chi connectivity index (χ4v) is 2.32. The number of carbonyl (C=O) groups is 1. The summed E-state index contributed by atoms with van der Waals surface area (Å²) in [5.41, 5.74) is 0. The summed E-state index contributed by atoms with van der Waals surface area (Å²) in [5, 5.41) is 0. The van der Waals surface area contributed by atoms with E-state index in [9.17, 15) is 4.79 Å². The van der Waals surface area contributed by atoms with Crippen molar-refractivity contribution in [1.82, 2.24) is 0 Å². The number of carbonyl (C=O) groups excluding carboxylic acids is 1. The monoisotopic (exact) mass is 252 g/mol. The standard InChI is InChI=1S/C16H28O2/c17-16-14-12-10-8-6-4-2-1-3-5-7-9-11-13-15-18-16/h10,12H,1-9,11,13-15H2/b12-10+. The molecule has 104 valence electrons. The van der Waals surface area contributed by atoms with Gasteiger partial charge in [-0.3, -0.25) is 4.79 Å². The third-order valence-corrected chi connectivity index (χ3v) is 3.48. The zero-order chi connectivity index (χ0) is 12.9. The number of rotatable bonds is 0. The van der Waals surface area contributed by atoms with Gasteiger partial charge in [-0.1, -0.05) is 63.5 Å². The zero-order valence-electron chi connectivity index (χ0n) is 11.7. The Morgan fingerprint density at radius 2 is 1.28 bits per heavy atom. The number of hydrogen-bond donors (Lipinski definition) is 0. The molecule has 0 spiro atoms. The molecule has 1 heterocycles. The van der Waals surface area contributed by atoms with Gasteiger partial charge in [0.1, 0.15) is 0 Å². The Kier molecular flexibility index (Phi) is 9.59. The summed E-state index contributed by atoms with van der Waals surface area (Å²) in [4.78, 5) is 11.4. The van der Waals surface area contributed by atoms with Crippen LogP contribution in [0.5, 0.6) is 0 Å². The van der Waals surface area contributed by atoms with Crippen LogP contribution >= 0.6 is 0 Å². The van der Waals surface area contributed by atoms with Gasteiger partial charge >= 0.3 is 5.97 Å². The minimum atomic E-state index is -0.0735. The van der Waals surface area contributed by atoms with Crippen LogP contribution in [0.1, 0.15) is 77.0 Å². The molecule has 2 heteroatoms. The maximum Gasteiger partial charge on any atom is 0.309 e. The van der Waals surface area contributed by atoms with Gasteiger partial charge in [-0.15, -0.1) is 0 Å². The third-order valence-electron chi connectivity index (χ3n) is 3.48. The quantitative estimate of drug-likeness (QED) is 0.458. The Morgan fingerprint density at radius 1 is 0.722 bits per heavy atom. The Labute approximate surface area is 112 Å². The number of hydrogen-bond acceptors (Lipinski definition) is 2. The van der Waals surface area contributed by atoms with Crippen LogP contribution in [-0.2, 0) is 9.53 Å². The van der Waals surface area contributed by atoms with E-state index in [0.29, 0.717) is 13.0 Å². The maximum atomic E-state index is 11.4. The second-order valence-electron chi connectivity index (χ2n) is 5.22. The van der Waals surface area contributed by atoms with Crippen LogP contribution in [0, 0.1) is 0 Å². The molecule has 1 aliphatic heterocycles. The summed E-state index contributed by atoms with van der Waals surface area (Å²) in [5.74, 6) is -0.0735. The molecule has 0 aliphatic carbocycles. The van der Waals surface area contributed by atoms with E-state index in [1.165, 1.54) is 57.8 Å². The molecule has 0 amide bonds. The second-order valence-corrected chi connectivity index (χ2v) is 5.22. The summed E-state index contributed by atoms with van der Waals surface area (Å²) >= 11 is 0. The molecular weight excluding hydrogens is 224 g/mol. The van der Waals surface area contributed by atoms with Crippen molar-refractivity contribution in [2.24, 2.45) is 0 Å². The molecule has 0 radical (unpaired) electrons. The predicted molar refractivity (Wildman–Crippen MR) is 75.5 cm³/mol. The van der Waals surface area contributed by atoms with Gasteiger partial charge in [-0.05, 0) is 19.3 Å².